The summed E-state index contributed by atoms with van der Waals surface area (Å²) in [7, 11) is 2.38. The molecule has 0 aliphatic rings. The second-order valence-corrected chi connectivity index (χ2v) is 5.58. The highest BCUT2D eigenvalue weighted by atomic mass is 19.2. The standard InChI is InChI=1S/C19H17F2NO5/c1-26-18(24)12-8-13(19(25)27-2)10-14(9-12)22-17(23)6-4-11-3-5-15(20)16(21)7-11/h3,5,7-10H,4,6H2,1-2H3,(H,22,23). The van der Waals surface area contributed by atoms with Gasteiger partial charge in [-0.15, -0.1) is 0 Å². The van der Waals surface area contributed by atoms with Gasteiger partial charge >= 0.3 is 11.9 Å². The van der Waals surface area contributed by atoms with Gasteiger partial charge in [0.2, 0.25) is 5.91 Å². The summed E-state index contributed by atoms with van der Waals surface area (Å²) >= 11 is 0. The van der Waals surface area contributed by atoms with Crippen molar-refractivity contribution in [1.29, 1.82) is 0 Å². The van der Waals surface area contributed by atoms with Gasteiger partial charge in [-0.05, 0) is 42.3 Å². The average Bonchev–Trinajstić information content (AvgIpc) is 2.67. The van der Waals surface area contributed by atoms with Crippen LogP contribution in [0.3, 0.4) is 0 Å². The molecular formula is C19H17F2NO5. The van der Waals surface area contributed by atoms with Gasteiger partial charge in [0.15, 0.2) is 11.6 Å². The molecule has 142 valence electrons. The Hall–Kier alpha value is -3.29. The topological polar surface area (TPSA) is 81.7 Å². The SMILES string of the molecule is COC(=O)c1cc(NC(=O)CCc2ccc(F)c(F)c2)cc(C(=O)OC)c1. The number of halogens is 2. The molecule has 27 heavy (non-hydrogen) atoms. The van der Waals surface area contributed by atoms with Crippen LogP contribution in [0.25, 0.3) is 0 Å². The lowest BCUT2D eigenvalue weighted by molar-refractivity contribution is -0.116. The Balaban J connectivity index is 2.12. The number of ether oxygens (including phenoxy) is 2. The average molecular weight is 377 g/mol. The highest BCUT2D eigenvalue weighted by molar-refractivity contribution is 5.99. The zero-order valence-corrected chi connectivity index (χ0v) is 14.7. The molecular weight excluding hydrogens is 360 g/mol. The fraction of sp³-hybridized carbons (Fsp3) is 0.211. The smallest absolute Gasteiger partial charge is 0.337 e. The Labute approximate surface area is 154 Å². The molecule has 0 aliphatic heterocycles. The van der Waals surface area contributed by atoms with Gasteiger partial charge in [0, 0.05) is 12.1 Å². The van der Waals surface area contributed by atoms with Gasteiger partial charge in [-0.25, -0.2) is 18.4 Å². The molecule has 6 nitrogen and oxygen atoms in total. The second kappa shape index (κ2) is 8.88. The van der Waals surface area contributed by atoms with Crippen molar-refractivity contribution in [1.82, 2.24) is 0 Å². The monoisotopic (exact) mass is 377 g/mol. The number of esters is 2. The first kappa shape index (κ1) is 20.0. The van der Waals surface area contributed by atoms with Crippen molar-refractivity contribution in [3.8, 4) is 0 Å². The third kappa shape index (κ3) is 5.34. The zero-order valence-electron chi connectivity index (χ0n) is 14.7. The Morgan fingerprint density at radius 3 is 2.00 bits per heavy atom. The fourth-order valence-corrected chi connectivity index (χ4v) is 2.35. The molecule has 0 fully saturated rings. The van der Waals surface area contributed by atoms with E-state index < -0.39 is 29.5 Å². The highest BCUT2D eigenvalue weighted by Gasteiger charge is 2.15. The van der Waals surface area contributed by atoms with E-state index in [4.69, 9.17) is 0 Å². The van der Waals surface area contributed by atoms with Crippen LogP contribution in [0.1, 0.15) is 32.7 Å². The number of rotatable bonds is 6. The number of hydrogen-bond acceptors (Lipinski definition) is 5. The normalized spacial score (nSPS) is 10.2. The van der Waals surface area contributed by atoms with Crippen LogP contribution in [0.4, 0.5) is 14.5 Å². The summed E-state index contributed by atoms with van der Waals surface area (Å²) in [6.07, 6.45) is 0.171. The van der Waals surface area contributed by atoms with Crippen molar-refractivity contribution in [2.45, 2.75) is 12.8 Å². The summed E-state index contributed by atoms with van der Waals surface area (Å²) < 4.78 is 35.4. The minimum atomic E-state index is -0.985. The van der Waals surface area contributed by atoms with Crippen LogP contribution < -0.4 is 5.32 Å². The molecule has 0 saturated carbocycles. The van der Waals surface area contributed by atoms with E-state index in [0.717, 1.165) is 12.1 Å². The summed E-state index contributed by atoms with van der Waals surface area (Å²) in [4.78, 5) is 35.6. The minimum absolute atomic E-state index is 0.0128. The molecule has 2 rings (SSSR count). The first-order chi connectivity index (χ1) is 12.8. The molecule has 0 heterocycles. The molecule has 0 saturated heterocycles. The van der Waals surface area contributed by atoms with Crippen molar-refractivity contribution in [2.75, 3.05) is 19.5 Å². The van der Waals surface area contributed by atoms with Crippen molar-refractivity contribution >= 4 is 23.5 Å². The molecule has 0 aromatic heterocycles. The molecule has 0 atom stereocenters. The molecule has 8 heteroatoms. The van der Waals surface area contributed by atoms with Crippen LogP contribution in [0.2, 0.25) is 0 Å². The molecule has 0 spiro atoms. The van der Waals surface area contributed by atoms with Crippen molar-refractivity contribution in [3.63, 3.8) is 0 Å². The van der Waals surface area contributed by atoms with Gasteiger partial charge in [-0.1, -0.05) is 6.07 Å². The Morgan fingerprint density at radius 2 is 1.48 bits per heavy atom. The van der Waals surface area contributed by atoms with E-state index in [0.29, 0.717) is 5.56 Å². The number of carbonyl (C=O) groups is 3. The molecule has 1 N–H and O–H groups in total. The Kier molecular flexibility index (Phi) is 6.59. The molecule has 0 radical (unpaired) electrons. The molecule has 0 aliphatic carbocycles. The number of methoxy groups -OCH3 is 2. The van der Waals surface area contributed by atoms with E-state index >= 15 is 0 Å². The van der Waals surface area contributed by atoms with Crippen LogP contribution in [0.5, 0.6) is 0 Å². The maximum absolute atomic E-state index is 13.2. The van der Waals surface area contributed by atoms with Crippen molar-refractivity contribution in [3.05, 3.63) is 64.7 Å². The predicted octanol–water partition coefficient (Wildman–Crippen LogP) is 3.11. The number of nitrogens with one attached hydrogen (secondary N) is 1. The lowest BCUT2D eigenvalue weighted by Gasteiger charge is -2.10. The third-order valence-corrected chi connectivity index (χ3v) is 3.68. The maximum Gasteiger partial charge on any atom is 0.337 e. The van der Waals surface area contributed by atoms with E-state index in [1.807, 2.05) is 0 Å². The van der Waals surface area contributed by atoms with Crippen LogP contribution in [0, 0.1) is 11.6 Å². The molecule has 2 aromatic carbocycles. The first-order valence-electron chi connectivity index (χ1n) is 7.89. The molecule has 0 bridgehead atoms. The summed E-state index contributed by atoms with van der Waals surface area (Å²) in [6.45, 7) is 0. The number of benzene rings is 2. The predicted molar refractivity (Wildman–Crippen MR) is 92.4 cm³/mol. The number of amides is 1. The number of aryl methyl sites for hydroxylation is 1. The van der Waals surface area contributed by atoms with Gasteiger partial charge < -0.3 is 14.8 Å². The van der Waals surface area contributed by atoms with Gasteiger partial charge in [0.25, 0.3) is 0 Å². The largest absolute Gasteiger partial charge is 0.465 e. The Morgan fingerprint density at radius 1 is 0.889 bits per heavy atom. The zero-order chi connectivity index (χ0) is 20.0. The van der Waals surface area contributed by atoms with Crippen LogP contribution in [-0.2, 0) is 20.7 Å². The van der Waals surface area contributed by atoms with Crippen LogP contribution >= 0.6 is 0 Å². The van der Waals surface area contributed by atoms with Gasteiger partial charge in [-0.2, -0.15) is 0 Å². The van der Waals surface area contributed by atoms with E-state index in [9.17, 15) is 23.2 Å². The first-order valence-corrected chi connectivity index (χ1v) is 7.89. The van der Waals surface area contributed by atoms with E-state index in [2.05, 4.69) is 14.8 Å². The Bertz CT molecular complexity index is 848. The summed E-state index contributed by atoms with van der Waals surface area (Å²) in [5.41, 5.74) is 0.795. The van der Waals surface area contributed by atoms with Crippen molar-refractivity contribution in [2.24, 2.45) is 0 Å². The second-order valence-electron chi connectivity index (χ2n) is 5.58. The highest BCUT2D eigenvalue weighted by Crippen LogP contribution is 2.18. The third-order valence-electron chi connectivity index (χ3n) is 3.68. The van der Waals surface area contributed by atoms with Gasteiger partial charge in [0.05, 0.1) is 25.3 Å². The summed E-state index contributed by atoms with van der Waals surface area (Å²) in [5, 5.41) is 2.55. The van der Waals surface area contributed by atoms with Crippen LogP contribution in [-0.4, -0.2) is 32.1 Å². The van der Waals surface area contributed by atoms with E-state index in [1.54, 1.807) is 0 Å². The van der Waals surface area contributed by atoms with E-state index in [1.165, 1.54) is 38.5 Å². The fourth-order valence-electron chi connectivity index (χ4n) is 2.35. The molecule has 2 aromatic rings. The van der Waals surface area contributed by atoms with Gasteiger partial charge in [0.1, 0.15) is 0 Å². The summed E-state index contributed by atoms with van der Waals surface area (Å²) in [5.74, 6) is -3.74. The summed E-state index contributed by atoms with van der Waals surface area (Å²) in [6, 6.07) is 7.40. The number of anilines is 1. The lowest BCUT2D eigenvalue weighted by Crippen LogP contribution is -2.14. The number of hydrogen-bond donors (Lipinski definition) is 1. The lowest BCUT2D eigenvalue weighted by atomic mass is 10.1. The molecule has 0 unspecified atom stereocenters. The van der Waals surface area contributed by atoms with Crippen LogP contribution in [0.15, 0.2) is 36.4 Å². The maximum atomic E-state index is 13.2. The molecule has 1 amide bonds. The minimum Gasteiger partial charge on any atom is -0.465 e. The van der Waals surface area contributed by atoms with Crippen molar-refractivity contribution < 1.29 is 32.6 Å². The van der Waals surface area contributed by atoms with E-state index in [-0.39, 0.29) is 29.7 Å². The number of carbonyl (C=O) groups excluding carboxylic acids is 3. The quantitative estimate of drug-likeness (QED) is 0.783. The van der Waals surface area contributed by atoms with Gasteiger partial charge in [-0.3, -0.25) is 4.79 Å².